The van der Waals surface area contributed by atoms with E-state index in [4.69, 9.17) is 4.74 Å². The normalized spacial score (nSPS) is 18.8. The van der Waals surface area contributed by atoms with Crippen LogP contribution in [-0.4, -0.2) is 23.7 Å². The molecular weight excluding hydrogens is 242 g/mol. The van der Waals surface area contributed by atoms with Gasteiger partial charge in [-0.3, -0.25) is 4.79 Å². The quantitative estimate of drug-likeness (QED) is 0.824. The van der Waals surface area contributed by atoms with Crippen molar-refractivity contribution < 1.29 is 14.6 Å². The zero-order chi connectivity index (χ0) is 14.0. The van der Waals surface area contributed by atoms with Gasteiger partial charge in [-0.2, -0.15) is 0 Å². The molecule has 1 unspecified atom stereocenters. The van der Waals surface area contributed by atoms with E-state index < -0.39 is 0 Å². The number of phenols is 1. The van der Waals surface area contributed by atoms with Crippen LogP contribution in [0.25, 0.3) is 0 Å². The number of phenolic OH excluding ortho intramolecular Hbond substituents is 1. The number of carbonyl (C=O) groups excluding carboxylic acids is 1. The molecule has 4 heteroatoms. The smallest absolute Gasteiger partial charge is 0.253 e. The van der Waals surface area contributed by atoms with Gasteiger partial charge < -0.3 is 15.2 Å². The molecule has 1 aliphatic rings. The summed E-state index contributed by atoms with van der Waals surface area (Å²) in [7, 11) is 0. The minimum absolute atomic E-state index is 0.0963. The fraction of sp³-hybridized carbons (Fsp3) is 0.533. The van der Waals surface area contributed by atoms with Crippen molar-refractivity contribution in [3.8, 4) is 5.75 Å². The van der Waals surface area contributed by atoms with Gasteiger partial charge in [-0.1, -0.05) is 13.8 Å². The van der Waals surface area contributed by atoms with Gasteiger partial charge in [0.1, 0.15) is 11.9 Å². The van der Waals surface area contributed by atoms with Crippen LogP contribution in [-0.2, 0) is 9.53 Å². The van der Waals surface area contributed by atoms with Crippen LogP contribution in [0.4, 0.5) is 5.69 Å². The van der Waals surface area contributed by atoms with Crippen LogP contribution in [0.15, 0.2) is 12.1 Å². The number of aryl methyl sites for hydroxylation is 1. The molecule has 1 fully saturated rings. The maximum Gasteiger partial charge on any atom is 0.253 e. The zero-order valence-corrected chi connectivity index (χ0v) is 11.7. The van der Waals surface area contributed by atoms with Gasteiger partial charge in [0.25, 0.3) is 5.91 Å². The summed E-state index contributed by atoms with van der Waals surface area (Å²) in [5, 5.41) is 12.8. The number of benzene rings is 1. The molecule has 0 aliphatic carbocycles. The molecule has 1 aliphatic heterocycles. The van der Waals surface area contributed by atoms with Crippen LogP contribution < -0.4 is 5.32 Å². The summed E-state index contributed by atoms with van der Waals surface area (Å²) in [4.78, 5) is 12.0. The number of carbonyl (C=O) groups is 1. The highest BCUT2D eigenvalue weighted by atomic mass is 16.5. The van der Waals surface area contributed by atoms with E-state index in [9.17, 15) is 9.90 Å². The van der Waals surface area contributed by atoms with E-state index in [2.05, 4.69) is 5.32 Å². The van der Waals surface area contributed by atoms with Gasteiger partial charge in [0, 0.05) is 12.3 Å². The molecule has 2 rings (SSSR count). The van der Waals surface area contributed by atoms with E-state index in [0.29, 0.717) is 6.61 Å². The summed E-state index contributed by atoms with van der Waals surface area (Å²) in [6.07, 6.45) is 1.37. The Labute approximate surface area is 113 Å². The molecule has 19 heavy (non-hydrogen) atoms. The Morgan fingerprint density at radius 3 is 2.79 bits per heavy atom. The topological polar surface area (TPSA) is 58.6 Å². The average molecular weight is 263 g/mol. The summed E-state index contributed by atoms with van der Waals surface area (Å²) in [5.74, 6) is 0.391. The number of nitrogens with one attached hydrogen (secondary N) is 1. The number of aromatic hydroxyl groups is 1. The van der Waals surface area contributed by atoms with Crippen molar-refractivity contribution >= 4 is 11.6 Å². The van der Waals surface area contributed by atoms with Gasteiger partial charge in [0.05, 0.1) is 0 Å². The van der Waals surface area contributed by atoms with Crippen molar-refractivity contribution in [1.82, 2.24) is 0 Å². The summed E-state index contributed by atoms with van der Waals surface area (Å²) in [5.41, 5.74) is 2.45. The monoisotopic (exact) mass is 263 g/mol. The minimum atomic E-state index is -0.337. The predicted octanol–water partition coefficient (Wildman–Crippen LogP) is 2.94. The summed E-state index contributed by atoms with van der Waals surface area (Å²) >= 11 is 0. The number of hydrogen-bond donors (Lipinski definition) is 2. The van der Waals surface area contributed by atoms with Crippen LogP contribution >= 0.6 is 0 Å². The predicted molar refractivity (Wildman–Crippen MR) is 74.5 cm³/mol. The van der Waals surface area contributed by atoms with Gasteiger partial charge >= 0.3 is 0 Å². The van der Waals surface area contributed by atoms with E-state index in [1.54, 1.807) is 6.07 Å². The van der Waals surface area contributed by atoms with Crippen LogP contribution in [0.2, 0.25) is 0 Å². The zero-order valence-electron chi connectivity index (χ0n) is 11.7. The van der Waals surface area contributed by atoms with E-state index in [1.165, 1.54) is 0 Å². The Morgan fingerprint density at radius 1 is 1.47 bits per heavy atom. The van der Waals surface area contributed by atoms with Crippen molar-refractivity contribution in [3.63, 3.8) is 0 Å². The summed E-state index contributed by atoms with van der Waals surface area (Å²) in [6, 6.07) is 3.54. The molecule has 1 atom stereocenters. The Morgan fingerprint density at radius 2 is 2.21 bits per heavy atom. The SMILES string of the molecule is Cc1cc(O)c(C(C)C)cc1NC(=O)C1CCCO1. The lowest BCUT2D eigenvalue weighted by molar-refractivity contribution is -0.124. The lowest BCUT2D eigenvalue weighted by Gasteiger charge is -2.16. The second-order valence-electron chi connectivity index (χ2n) is 5.37. The lowest BCUT2D eigenvalue weighted by atomic mass is 9.99. The van der Waals surface area contributed by atoms with E-state index >= 15 is 0 Å². The summed E-state index contributed by atoms with van der Waals surface area (Å²) < 4.78 is 5.37. The summed E-state index contributed by atoms with van der Waals surface area (Å²) in [6.45, 7) is 6.55. The largest absolute Gasteiger partial charge is 0.508 e. The highest BCUT2D eigenvalue weighted by molar-refractivity contribution is 5.95. The highest BCUT2D eigenvalue weighted by Crippen LogP contribution is 2.31. The Bertz CT molecular complexity index is 477. The Balaban J connectivity index is 2.19. The van der Waals surface area contributed by atoms with Gasteiger partial charge in [-0.05, 0) is 48.9 Å². The first-order chi connectivity index (χ1) is 8.99. The third kappa shape index (κ3) is 3.07. The molecule has 1 amide bonds. The standard InChI is InChI=1S/C15H21NO3/c1-9(2)11-8-12(10(3)7-13(11)17)16-15(18)14-5-4-6-19-14/h7-9,14,17H,4-6H2,1-3H3,(H,16,18). The number of ether oxygens (including phenoxy) is 1. The maximum atomic E-state index is 12.0. The third-order valence-electron chi connectivity index (χ3n) is 3.48. The molecule has 2 N–H and O–H groups in total. The first-order valence-electron chi connectivity index (χ1n) is 6.75. The van der Waals surface area contributed by atoms with Crippen LogP contribution in [0, 0.1) is 6.92 Å². The highest BCUT2D eigenvalue weighted by Gasteiger charge is 2.24. The number of rotatable bonds is 3. The van der Waals surface area contributed by atoms with Crippen molar-refractivity contribution in [1.29, 1.82) is 0 Å². The average Bonchev–Trinajstić information content (AvgIpc) is 2.85. The van der Waals surface area contributed by atoms with Crippen molar-refractivity contribution in [2.45, 2.75) is 45.6 Å². The van der Waals surface area contributed by atoms with Crippen molar-refractivity contribution in [3.05, 3.63) is 23.3 Å². The molecule has 4 nitrogen and oxygen atoms in total. The van der Waals surface area contributed by atoms with E-state index in [-0.39, 0.29) is 23.7 Å². The fourth-order valence-corrected chi connectivity index (χ4v) is 2.30. The molecule has 0 radical (unpaired) electrons. The van der Waals surface area contributed by atoms with Gasteiger partial charge in [0.15, 0.2) is 0 Å². The third-order valence-corrected chi connectivity index (χ3v) is 3.48. The van der Waals surface area contributed by atoms with Crippen LogP contribution in [0.5, 0.6) is 5.75 Å². The minimum Gasteiger partial charge on any atom is -0.508 e. The van der Waals surface area contributed by atoms with Crippen LogP contribution in [0.3, 0.4) is 0 Å². The second kappa shape index (κ2) is 5.61. The molecule has 0 bridgehead atoms. The molecule has 1 heterocycles. The lowest BCUT2D eigenvalue weighted by Crippen LogP contribution is -2.27. The molecular formula is C15H21NO3. The van der Waals surface area contributed by atoms with E-state index in [1.807, 2.05) is 26.8 Å². The van der Waals surface area contributed by atoms with Crippen LogP contribution in [0.1, 0.15) is 43.7 Å². The number of hydrogen-bond acceptors (Lipinski definition) is 3. The second-order valence-corrected chi connectivity index (χ2v) is 5.37. The molecule has 1 aromatic carbocycles. The van der Waals surface area contributed by atoms with Gasteiger partial charge in [-0.25, -0.2) is 0 Å². The number of anilines is 1. The Hall–Kier alpha value is -1.55. The van der Waals surface area contributed by atoms with Gasteiger partial charge in [0.2, 0.25) is 0 Å². The first-order valence-corrected chi connectivity index (χ1v) is 6.75. The fourth-order valence-electron chi connectivity index (χ4n) is 2.30. The van der Waals surface area contributed by atoms with Crippen molar-refractivity contribution in [2.75, 3.05) is 11.9 Å². The Kier molecular flexibility index (Phi) is 4.10. The van der Waals surface area contributed by atoms with Gasteiger partial charge in [-0.15, -0.1) is 0 Å². The molecule has 104 valence electrons. The molecule has 1 saturated heterocycles. The maximum absolute atomic E-state index is 12.0. The molecule has 1 aromatic rings. The number of amides is 1. The molecule has 0 spiro atoms. The molecule has 0 saturated carbocycles. The van der Waals surface area contributed by atoms with Crippen molar-refractivity contribution in [2.24, 2.45) is 0 Å². The molecule has 0 aromatic heterocycles. The van der Waals surface area contributed by atoms with E-state index in [0.717, 1.165) is 29.7 Å². The first kappa shape index (κ1) is 13.9.